The molecule has 3 nitrogen and oxygen atoms in total. The van der Waals surface area contributed by atoms with Gasteiger partial charge in [-0.25, -0.2) is 5.84 Å². The Morgan fingerprint density at radius 3 is 2.77 bits per heavy atom. The summed E-state index contributed by atoms with van der Waals surface area (Å²) in [6.45, 7) is 1.94. The predicted molar refractivity (Wildman–Crippen MR) is 59.7 cm³/mol. The maximum absolute atomic E-state index is 5.79. The van der Waals surface area contributed by atoms with Crippen LogP contribution < -0.4 is 16.6 Å². The molecule has 70 valence electrons. The van der Waals surface area contributed by atoms with E-state index >= 15 is 0 Å². The van der Waals surface area contributed by atoms with Crippen molar-refractivity contribution >= 4 is 34.6 Å². The third-order valence-corrected chi connectivity index (χ3v) is 2.02. The fourth-order valence-corrected chi connectivity index (χ4v) is 1.26. The second-order valence-electron chi connectivity index (χ2n) is 2.56. The topological polar surface area (TPSA) is 50.1 Å². The van der Waals surface area contributed by atoms with E-state index in [1.165, 1.54) is 0 Å². The zero-order valence-corrected chi connectivity index (χ0v) is 8.67. The van der Waals surface area contributed by atoms with Crippen molar-refractivity contribution in [2.75, 3.05) is 5.32 Å². The molecule has 0 amide bonds. The van der Waals surface area contributed by atoms with E-state index in [9.17, 15) is 0 Å². The van der Waals surface area contributed by atoms with Gasteiger partial charge >= 0.3 is 0 Å². The molecule has 0 saturated heterocycles. The van der Waals surface area contributed by atoms with Crippen LogP contribution in [0.1, 0.15) is 5.56 Å². The van der Waals surface area contributed by atoms with Gasteiger partial charge in [0, 0.05) is 10.7 Å². The molecule has 5 heteroatoms. The summed E-state index contributed by atoms with van der Waals surface area (Å²) in [5, 5.41) is 4.01. The number of nitrogens with two attached hydrogens (primary N) is 1. The minimum atomic E-state index is 0.380. The molecule has 0 heterocycles. The number of benzene rings is 1. The number of hydrogen-bond donors (Lipinski definition) is 3. The molecular formula is C8H10ClN3S. The Morgan fingerprint density at radius 1 is 1.54 bits per heavy atom. The van der Waals surface area contributed by atoms with Crippen molar-refractivity contribution in [3.05, 3.63) is 28.8 Å². The number of anilines is 1. The molecule has 0 radical (unpaired) electrons. The highest BCUT2D eigenvalue weighted by atomic mass is 35.5. The number of hydrazine groups is 1. The Balaban J connectivity index is 2.83. The molecule has 13 heavy (non-hydrogen) atoms. The SMILES string of the molecule is Cc1cc(Cl)ccc1NC(=S)NN. The number of nitrogens with one attached hydrogen (secondary N) is 2. The van der Waals surface area contributed by atoms with Gasteiger partial charge in [0.25, 0.3) is 0 Å². The number of hydrogen-bond acceptors (Lipinski definition) is 2. The van der Waals surface area contributed by atoms with E-state index in [0.29, 0.717) is 10.1 Å². The van der Waals surface area contributed by atoms with Gasteiger partial charge in [-0.15, -0.1) is 0 Å². The molecule has 0 atom stereocenters. The standard InChI is InChI=1S/C8H10ClN3S/c1-5-4-6(9)2-3-7(5)11-8(13)12-10/h2-4H,10H2,1H3,(H2,11,12,13). The van der Waals surface area contributed by atoms with Crippen LogP contribution in [0.5, 0.6) is 0 Å². The van der Waals surface area contributed by atoms with Crippen LogP contribution in [-0.4, -0.2) is 5.11 Å². The van der Waals surface area contributed by atoms with Crippen LogP contribution in [0.4, 0.5) is 5.69 Å². The third-order valence-electron chi connectivity index (χ3n) is 1.57. The smallest absolute Gasteiger partial charge is 0.185 e. The molecule has 0 fully saturated rings. The largest absolute Gasteiger partial charge is 0.331 e. The molecule has 4 N–H and O–H groups in total. The molecule has 0 saturated carbocycles. The van der Waals surface area contributed by atoms with Gasteiger partial charge in [0.15, 0.2) is 5.11 Å². The van der Waals surface area contributed by atoms with E-state index in [1.807, 2.05) is 19.1 Å². The Kier molecular flexibility index (Phi) is 3.48. The number of thiocarbonyl (C=S) groups is 1. The highest BCUT2D eigenvalue weighted by Gasteiger charge is 1.99. The van der Waals surface area contributed by atoms with Crippen molar-refractivity contribution in [1.29, 1.82) is 0 Å². The molecule has 0 aliphatic heterocycles. The Bertz CT molecular complexity index is 327. The maximum Gasteiger partial charge on any atom is 0.185 e. The lowest BCUT2D eigenvalue weighted by atomic mass is 10.2. The molecule has 0 aliphatic rings. The average Bonchev–Trinajstić information content (AvgIpc) is 2.09. The second-order valence-corrected chi connectivity index (χ2v) is 3.40. The molecule has 1 aromatic carbocycles. The summed E-state index contributed by atoms with van der Waals surface area (Å²) >= 11 is 10.6. The molecule has 0 spiro atoms. The molecule has 1 aromatic rings. The summed E-state index contributed by atoms with van der Waals surface area (Å²) in [7, 11) is 0. The van der Waals surface area contributed by atoms with Crippen LogP contribution in [0.3, 0.4) is 0 Å². The molecular weight excluding hydrogens is 206 g/mol. The number of halogens is 1. The van der Waals surface area contributed by atoms with Crippen molar-refractivity contribution in [2.45, 2.75) is 6.92 Å². The van der Waals surface area contributed by atoms with Gasteiger partial charge in [-0.1, -0.05) is 11.6 Å². The quantitative estimate of drug-likeness (QED) is 0.380. The van der Waals surface area contributed by atoms with Gasteiger partial charge in [0.2, 0.25) is 0 Å². The van der Waals surface area contributed by atoms with E-state index in [4.69, 9.17) is 29.7 Å². The highest BCUT2D eigenvalue weighted by Crippen LogP contribution is 2.19. The second kappa shape index (κ2) is 4.41. The summed E-state index contributed by atoms with van der Waals surface area (Å²) in [5.74, 6) is 5.12. The lowest BCUT2D eigenvalue weighted by molar-refractivity contribution is 1.04. The lowest BCUT2D eigenvalue weighted by Gasteiger charge is -2.09. The van der Waals surface area contributed by atoms with Crippen LogP contribution >= 0.6 is 23.8 Å². The minimum absolute atomic E-state index is 0.380. The average molecular weight is 216 g/mol. The lowest BCUT2D eigenvalue weighted by Crippen LogP contribution is -2.34. The fraction of sp³-hybridized carbons (Fsp3) is 0.125. The van der Waals surface area contributed by atoms with Gasteiger partial charge < -0.3 is 10.7 Å². The first-order valence-corrected chi connectivity index (χ1v) is 4.46. The summed E-state index contributed by atoms with van der Waals surface area (Å²) < 4.78 is 0. The van der Waals surface area contributed by atoms with E-state index < -0.39 is 0 Å². The van der Waals surface area contributed by atoms with Crippen molar-refractivity contribution < 1.29 is 0 Å². The maximum atomic E-state index is 5.79. The van der Waals surface area contributed by atoms with Crippen LogP contribution in [-0.2, 0) is 0 Å². The van der Waals surface area contributed by atoms with E-state index in [0.717, 1.165) is 11.3 Å². The van der Waals surface area contributed by atoms with Gasteiger partial charge in [-0.2, -0.15) is 0 Å². The normalized spacial score (nSPS) is 9.46. The molecule has 0 aromatic heterocycles. The van der Waals surface area contributed by atoms with E-state index in [1.54, 1.807) is 6.07 Å². The van der Waals surface area contributed by atoms with Crippen LogP contribution in [0.15, 0.2) is 18.2 Å². The van der Waals surface area contributed by atoms with Crippen LogP contribution in [0.2, 0.25) is 5.02 Å². The first kappa shape index (κ1) is 10.2. The zero-order chi connectivity index (χ0) is 9.84. The van der Waals surface area contributed by atoms with Crippen molar-refractivity contribution in [2.24, 2.45) is 5.84 Å². The first-order valence-electron chi connectivity index (χ1n) is 3.67. The molecule has 0 bridgehead atoms. The minimum Gasteiger partial charge on any atom is -0.331 e. The monoisotopic (exact) mass is 215 g/mol. The highest BCUT2D eigenvalue weighted by molar-refractivity contribution is 7.80. The Morgan fingerprint density at radius 2 is 2.23 bits per heavy atom. The summed E-state index contributed by atoms with van der Waals surface area (Å²) in [6, 6.07) is 5.49. The molecule has 0 aliphatic carbocycles. The predicted octanol–water partition coefficient (Wildman–Crippen LogP) is 1.81. The van der Waals surface area contributed by atoms with E-state index in [2.05, 4.69) is 10.7 Å². The summed E-state index contributed by atoms with van der Waals surface area (Å²) in [6.07, 6.45) is 0. The summed E-state index contributed by atoms with van der Waals surface area (Å²) in [4.78, 5) is 0. The van der Waals surface area contributed by atoms with Gasteiger partial charge in [-0.05, 0) is 42.9 Å². The number of rotatable bonds is 1. The first-order chi connectivity index (χ1) is 6.13. The fourth-order valence-electron chi connectivity index (χ4n) is 0.926. The molecule has 1 rings (SSSR count). The van der Waals surface area contributed by atoms with Gasteiger partial charge in [0.05, 0.1) is 0 Å². The zero-order valence-electron chi connectivity index (χ0n) is 7.10. The third kappa shape index (κ3) is 2.84. The van der Waals surface area contributed by atoms with E-state index in [-0.39, 0.29) is 0 Å². The van der Waals surface area contributed by atoms with Crippen LogP contribution in [0, 0.1) is 6.92 Å². The number of aryl methyl sites for hydroxylation is 1. The van der Waals surface area contributed by atoms with Gasteiger partial charge in [0.1, 0.15) is 0 Å². The van der Waals surface area contributed by atoms with Crippen molar-refractivity contribution in [3.8, 4) is 0 Å². The van der Waals surface area contributed by atoms with Crippen molar-refractivity contribution in [1.82, 2.24) is 5.43 Å². The van der Waals surface area contributed by atoms with Crippen molar-refractivity contribution in [3.63, 3.8) is 0 Å². The molecule has 0 unspecified atom stereocenters. The summed E-state index contributed by atoms with van der Waals surface area (Å²) in [5.41, 5.74) is 4.26. The van der Waals surface area contributed by atoms with Gasteiger partial charge in [-0.3, -0.25) is 0 Å². The Hall–Kier alpha value is -0.840. The van der Waals surface area contributed by atoms with Crippen LogP contribution in [0.25, 0.3) is 0 Å². The Labute approximate surface area is 87.2 Å².